The van der Waals surface area contributed by atoms with Gasteiger partial charge in [-0.3, -0.25) is 9.59 Å². The molecule has 1 atom stereocenters. The molecule has 0 spiro atoms. The van der Waals surface area contributed by atoms with E-state index >= 15 is 0 Å². The Morgan fingerprint density at radius 2 is 1.59 bits per heavy atom. The summed E-state index contributed by atoms with van der Waals surface area (Å²) in [5.74, 6) is -0.653. The van der Waals surface area contributed by atoms with Gasteiger partial charge in [-0.15, -0.1) is 0 Å². The molecule has 2 aromatic carbocycles. The van der Waals surface area contributed by atoms with Crippen molar-refractivity contribution in [1.29, 1.82) is 0 Å². The second kappa shape index (κ2) is 6.76. The number of carboxylic acid groups (broad SMARTS) is 1. The standard InChI is InChI=1S/C22H19NO4/c1-27-17-8-6-15(7-9-17)14-2-4-16(5-3-14)21(24)20-11-10-19-18(22(25)26)12-13-23(19)20/h2-11,18H,12-13H2,1H3,(H,25,26). The van der Waals surface area contributed by atoms with Gasteiger partial charge in [0.05, 0.1) is 18.7 Å². The summed E-state index contributed by atoms with van der Waals surface area (Å²) in [6.45, 7) is 0.560. The molecule has 4 rings (SSSR count). The van der Waals surface area contributed by atoms with Crippen LogP contribution in [0.2, 0.25) is 0 Å². The van der Waals surface area contributed by atoms with E-state index in [9.17, 15) is 14.7 Å². The summed E-state index contributed by atoms with van der Waals surface area (Å²) in [6.07, 6.45) is 0.530. The normalized spacial score (nSPS) is 15.4. The molecule has 1 unspecified atom stereocenters. The predicted molar refractivity (Wildman–Crippen MR) is 101 cm³/mol. The Balaban J connectivity index is 1.58. The van der Waals surface area contributed by atoms with Gasteiger partial charge in [-0.05, 0) is 41.8 Å². The van der Waals surface area contributed by atoms with E-state index < -0.39 is 11.9 Å². The molecule has 5 nitrogen and oxygen atoms in total. The average molecular weight is 361 g/mol. The van der Waals surface area contributed by atoms with Crippen LogP contribution in [0.5, 0.6) is 5.75 Å². The number of benzene rings is 2. The van der Waals surface area contributed by atoms with Crippen molar-refractivity contribution in [3.8, 4) is 16.9 Å². The zero-order chi connectivity index (χ0) is 19.0. The Morgan fingerprint density at radius 3 is 2.19 bits per heavy atom. The molecule has 0 radical (unpaired) electrons. The summed E-state index contributed by atoms with van der Waals surface area (Å²) in [5.41, 5.74) is 3.90. The Bertz CT molecular complexity index is 1000. The van der Waals surface area contributed by atoms with Gasteiger partial charge in [0.2, 0.25) is 5.78 Å². The minimum Gasteiger partial charge on any atom is -0.497 e. The van der Waals surface area contributed by atoms with Crippen LogP contribution in [0.4, 0.5) is 0 Å². The maximum atomic E-state index is 12.9. The molecular formula is C22H19NO4. The zero-order valence-corrected chi connectivity index (χ0v) is 14.9. The molecule has 1 aromatic heterocycles. The number of aliphatic carboxylic acids is 1. The number of nitrogens with zero attached hydrogens (tertiary/aromatic N) is 1. The number of hydrogen-bond acceptors (Lipinski definition) is 3. The Kier molecular flexibility index (Phi) is 4.28. The van der Waals surface area contributed by atoms with Gasteiger partial charge in [0.15, 0.2) is 0 Å². The first-order valence-corrected chi connectivity index (χ1v) is 8.80. The molecule has 5 heteroatoms. The Labute approximate surface area is 156 Å². The average Bonchev–Trinajstić information content (AvgIpc) is 3.29. The monoisotopic (exact) mass is 361 g/mol. The lowest BCUT2D eigenvalue weighted by Gasteiger charge is -2.07. The van der Waals surface area contributed by atoms with Crippen LogP contribution in [-0.4, -0.2) is 28.5 Å². The Hall–Kier alpha value is -3.34. The summed E-state index contributed by atoms with van der Waals surface area (Å²) in [6, 6.07) is 18.7. The van der Waals surface area contributed by atoms with E-state index in [0.29, 0.717) is 29.9 Å². The van der Waals surface area contributed by atoms with Crippen LogP contribution in [0.1, 0.15) is 34.1 Å². The molecule has 0 saturated carbocycles. The molecule has 1 aliphatic rings. The number of carbonyl (C=O) groups excluding carboxylic acids is 1. The molecule has 0 saturated heterocycles. The van der Waals surface area contributed by atoms with Crippen LogP contribution < -0.4 is 4.74 Å². The first-order chi connectivity index (χ1) is 13.1. The van der Waals surface area contributed by atoms with Gasteiger partial charge in [-0.25, -0.2) is 0 Å². The van der Waals surface area contributed by atoms with Gasteiger partial charge in [0.25, 0.3) is 0 Å². The topological polar surface area (TPSA) is 68.5 Å². The second-order valence-electron chi connectivity index (χ2n) is 6.61. The predicted octanol–water partition coefficient (Wildman–Crippen LogP) is 3.97. The summed E-state index contributed by atoms with van der Waals surface area (Å²) >= 11 is 0. The molecule has 0 amide bonds. The highest BCUT2D eigenvalue weighted by Crippen LogP contribution is 2.31. The number of rotatable bonds is 5. The van der Waals surface area contributed by atoms with E-state index in [1.54, 1.807) is 19.2 Å². The molecule has 136 valence electrons. The lowest BCUT2D eigenvalue weighted by atomic mass is 10.0. The van der Waals surface area contributed by atoms with Crippen LogP contribution in [-0.2, 0) is 11.3 Å². The van der Waals surface area contributed by atoms with Crippen molar-refractivity contribution in [3.63, 3.8) is 0 Å². The van der Waals surface area contributed by atoms with Gasteiger partial charge in [0.1, 0.15) is 5.75 Å². The highest BCUT2D eigenvalue weighted by atomic mass is 16.5. The summed E-state index contributed by atoms with van der Waals surface area (Å²) in [7, 11) is 1.63. The minimum atomic E-state index is -0.838. The SMILES string of the molecule is COc1ccc(-c2ccc(C(=O)c3ccc4n3CCC4C(=O)O)cc2)cc1. The van der Waals surface area contributed by atoms with Crippen molar-refractivity contribution >= 4 is 11.8 Å². The maximum Gasteiger partial charge on any atom is 0.312 e. The van der Waals surface area contributed by atoms with Crippen molar-refractivity contribution in [2.24, 2.45) is 0 Å². The lowest BCUT2D eigenvalue weighted by Crippen LogP contribution is -2.10. The molecule has 1 aliphatic heterocycles. The van der Waals surface area contributed by atoms with Crippen LogP contribution >= 0.6 is 0 Å². The Morgan fingerprint density at radius 1 is 0.963 bits per heavy atom. The van der Waals surface area contributed by atoms with Crippen LogP contribution in [0, 0.1) is 0 Å². The van der Waals surface area contributed by atoms with E-state index in [0.717, 1.165) is 16.9 Å². The highest BCUT2D eigenvalue weighted by Gasteiger charge is 2.31. The van der Waals surface area contributed by atoms with Gasteiger partial charge >= 0.3 is 5.97 Å². The third-order valence-corrected chi connectivity index (χ3v) is 5.11. The van der Waals surface area contributed by atoms with Gasteiger partial charge in [-0.2, -0.15) is 0 Å². The molecule has 0 fully saturated rings. The third kappa shape index (κ3) is 3.01. The number of aromatic nitrogens is 1. The van der Waals surface area contributed by atoms with Crippen molar-refractivity contribution in [2.75, 3.05) is 7.11 Å². The van der Waals surface area contributed by atoms with Crippen molar-refractivity contribution in [3.05, 3.63) is 77.6 Å². The first kappa shape index (κ1) is 17.1. The maximum absolute atomic E-state index is 12.9. The molecule has 0 aliphatic carbocycles. The van der Waals surface area contributed by atoms with Crippen molar-refractivity contribution < 1.29 is 19.4 Å². The fourth-order valence-electron chi connectivity index (χ4n) is 3.64. The second-order valence-corrected chi connectivity index (χ2v) is 6.61. The number of hydrogen-bond donors (Lipinski definition) is 1. The van der Waals surface area contributed by atoms with Crippen molar-refractivity contribution in [2.45, 2.75) is 18.9 Å². The number of ether oxygens (including phenoxy) is 1. The minimum absolute atomic E-state index is 0.0893. The first-order valence-electron chi connectivity index (χ1n) is 8.80. The smallest absolute Gasteiger partial charge is 0.312 e. The zero-order valence-electron chi connectivity index (χ0n) is 14.9. The van der Waals surface area contributed by atoms with E-state index in [-0.39, 0.29) is 5.78 Å². The van der Waals surface area contributed by atoms with Gasteiger partial charge < -0.3 is 14.4 Å². The van der Waals surface area contributed by atoms with E-state index in [4.69, 9.17) is 4.74 Å². The summed E-state index contributed by atoms with van der Waals surface area (Å²) in [5, 5.41) is 9.29. The quantitative estimate of drug-likeness (QED) is 0.698. The molecule has 0 bridgehead atoms. The molecule has 2 heterocycles. The van der Waals surface area contributed by atoms with Crippen LogP contribution in [0.25, 0.3) is 11.1 Å². The third-order valence-electron chi connectivity index (χ3n) is 5.11. The fraction of sp³-hybridized carbons (Fsp3) is 0.182. The fourth-order valence-corrected chi connectivity index (χ4v) is 3.64. The molecule has 1 N–H and O–H groups in total. The lowest BCUT2D eigenvalue weighted by molar-refractivity contribution is -0.138. The van der Waals surface area contributed by atoms with E-state index in [1.807, 2.05) is 53.1 Å². The van der Waals surface area contributed by atoms with E-state index in [1.165, 1.54) is 0 Å². The van der Waals surface area contributed by atoms with E-state index in [2.05, 4.69) is 0 Å². The number of ketones is 1. The molecule has 3 aromatic rings. The number of carbonyl (C=O) groups is 2. The highest BCUT2D eigenvalue weighted by molar-refractivity contribution is 6.08. The van der Waals surface area contributed by atoms with Crippen LogP contribution in [0.15, 0.2) is 60.7 Å². The largest absolute Gasteiger partial charge is 0.497 e. The van der Waals surface area contributed by atoms with Crippen LogP contribution in [0.3, 0.4) is 0 Å². The number of methoxy groups -OCH3 is 1. The summed E-state index contributed by atoms with van der Waals surface area (Å²) < 4.78 is 7.00. The summed E-state index contributed by atoms with van der Waals surface area (Å²) in [4.78, 5) is 24.2. The molecule has 27 heavy (non-hydrogen) atoms. The van der Waals surface area contributed by atoms with Crippen molar-refractivity contribution in [1.82, 2.24) is 4.57 Å². The van der Waals surface area contributed by atoms with Gasteiger partial charge in [-0.1, -0.05) is 36.4 Å². The van der Waals surface area contributed by atoms with Gasteiger partial charge in [0, 0.05) is 17.8 Å². The number of fused-ring (bicyclic) bond motifs is 1. The molecular weight excluding hydrogens is 342 g/mol. The number of carboxylic acids is 1.